The van der Waals surface area contributed by atoms with Crippen molar-refractivity contribution in [3.05, 3.63) is 58.3 Å². The van der Waals surface area contributed by atoms with Gasteiger partial charge in [-0.05, 0) is 43.8 Å². The lowest BCUT2D eigenvalue weighted by Gasteiger charge is -2.33. The monoisotopic (exact) mass is 390 g/mol. The summed E-state index contributed by atoms with van der Waals surface area (Å²) in [6, 6.07) is 7.85. The molecule has 1 aromatic carbocycles. The molecule has 1 aromatic heterocycles. The van der Waals surface area contributed by atoms with Crippen molar-refractivity contribution in [3.63, 3.8) is 0 Å². The zero-order valence-corrected chi connectivity index (χ0v) is 15.8. The van der Waals surface area contributed by atoms with Crippen LogP contribution in [0.4, 0.5) is 17.2 Å². The van der Waals surface area contributed by atoms with Gasteiger partial charge < -0.3 is 14.9 Å². The maximum atomic E-state index is 5.83. The highest BCUT2D eigenvalue weighted by atomic mass is 79.9. The van der Waals surface area contributed by atoms with Crippen LogP contribution in [-0.2, 0) is 0 Å². The molecule has 0 saturated carbocycles. The van der Waals surface area contributed by atoms with Crippen LogP contribution in [0, 0.1) is 0 Å². The van der Waals surface area contributed by atoms with Gasteiger partial charge in [0.1, 0.15) is 5.82 Å². The van der Waals surface area contributed by atoms with Crippen LogP contribution in [-0.4, -0.2) is 34.5 Å². The summed E-state index contributed by atoms with van der Waals surface area (Å²) in [7, 11) is 13.2. The van der Waals surface area contributed by atoms with E-state index in [-0.39, 0.29) is 0 Å². The van der Waals surface area contributed by atoms with Crippen molar-refractivity contribution in [1.29, 1.82) is 0 Å². The predicted octanol–water partition coefficient (Wildman–Crippen LogP) is 3.75. The number of hydrogen-bond donors (Lipinski definition) is 1. The first-order valence-corrected chi connectivity index (χ1v) is 8.69. The minimum Gasteiger partial charge on any atom is -0.437 e. The molecule has 1 N–H and O–H groups in total. The van der Waals surface area contributed by atoms with E-state index in [4.69, 9.17) is 16.0 Å². The van der Waals surface area contributed by atoms with Crippen LogP contribution in [0.2, 0.25) is 0 Å². The minimum atomic E-state index is 0.706. The van der Waals surface area contributed by atoms with Gasteiger partial charge >= 0.3 is 0 Å². The zero-order chi connectivity index (χ0) is 18.1. The summed E-state index contributed by atoms with van der Waals surface area (Å²) in [5.74, 6) is 0.706. The summed E-state index contributed by atoms with van der Waals surface area (Å²) in [6.07, 6.45) is 3.93. The molecule has 122 valence electrons. The van der Waals surface area contributed by atoms with E-state index >= 15 is 0 Å². The van der Waals surface area contributed by atoms with E-state index in [2.05, 4.69) is 50.6 Å². The van der Waals surface area contributed by atoms with E-state index in [9.17, 15) is 0 Å². The maximum Gasteiger partial charge on any atom is 0.228 e. The molecule has 0 fully saturated rings. The summed E-state index contributed by atoms with van der Waals surface area (Å²) in [5, 5.41) is 2.69. The average Bonchev–Trinajstić information content (AvgIpc) is 2.61. The summed E-state index contributed by atoms with van der Waals surface area (Å²) in [6.45, 7) is 7.19. The second-order valence-corrected chi connectivity index (χ2v) is 6.65. The van der Waals surface area contributed by atoms with Gasteiger partial charge in [0.05, 0.1) is 5.69 Å². The number of pyridine rings is 1. The maximum absolute atomic E-state index is 5.83. The predicted molar refractivity (Wildman–Crippen MR) is 112 cm³/mol. The van der Waals surface area contributed by atoms with Crippen molar-refractivity contribution in [2.75, 3.05) is 28.5 Å². The fourth-order valence-corrected chi connectivity index (χ4v) is 3.39. The standard InChI is InChI=1S/C18H17B2BrN4/c1-4-25-11(2)14(15-8-13(23-19)5-6-16(15)21)7-12-10-22-18(24(3)20)9-17(12)25/h5-10,23H,2,4H2,1,3H3. The molecule has 2 heterocycles. The highest BCUT2D eigenvalue weighted by Crippen LogP contribution is 2.41. The molecule has 2 aromatic rings. The quantitative estimate of drug-likeness (QED) is 0.805. The molecular formula is C18H17B2BrN4. The molecule has 4 radical (unpaired) electrons. The molecule has 0 bridgehead atoms. The minimum absolute atomic E-state index is 0.706. The van der Waals surface area contributed by atoms with E-state index in [1.165, 1.54) is 4.81 Å². The van der Waals surface area contributed by atoms with Crippen molar-refractivity contribution in [3.8, 4) is 0 Å². The number of allylic oxidation sites excluding steroid dienone is 1. The van der Waals surface area contributed by atoms with Gasteiger partial charge in [0.15, 0.2) is 0 Å². The number of fused-ring (bicyclic) bond motifs is 1. The molecule has 7 heteroatoms. The molecule has 0 amide bonds. The van der Waals surface area contributed by atoms with Crippen molar-refractivity contribution >= 4 is 60.7 Å². The van der Waals surface area contributed by atoms with Crippen LogP contribution in [0.3, 0.4) is 0 Å². The third-order valence-corrected chi connectivity index (χ3v) is 4.92. The lowest BCUT2D eigenvalue weighted by molar-refractivity contribution is 0.974. The average molecular weight is 391 g/mol. The summed E-state index contributed by atoms with van der Waals surface area (Å²) < 4.78 is 0.977. The van der Waals surface area contributed by atoms with Crippen LogP contribution in [0.1, 0.15) is 18.1 Å². The number of rotatable bonds is 4. The number of halogens is 1. The van der Waals surface area contributed by atoms with Gasteiger partial charge in [-0.15, -0.1) is 0 Å². The van der Waals surface area contributed by atoms with Crippen molar-refractivity contribution in [2.24, 2.45) is 0 Å². The molecule has 0 aliphatic carbocycles. The Morgan fingerprint density at radius 3 is 2.76 bits per heavy atom. The highest BCUT2D eigenvalue weighted by molar-refractivity contribution is 9.10. The number of aromatic nitrogens is 1. The van der Waals surface area contributed by atoms with Gasteiger partial charge in [-0.1, -0.05) is 22.5 Å². The SMILES string of the molecule is [B]Nc1ccc(Br)c(C2=Cc3cnc(N([B])C)cc3N(CC)C2=C)c1. The van der Waals surface area contributed by atoms with E-state index in [0.717, 1.165) is 44.8 Å². The molecule has 0 spiro atoms. The molecule has 0 saturated heterocycles. The largest absolute Gasteiger partial charge is 0.437 e. The number of benzene rings is 1. The van der Waals surface area contributed by atoms with Crippen molar-refractivity contribution in [1.82, 2.24) is 4.98 Å². The van der Waals surface area contributed by atoms with Crippen molar-refractivity contribution in [2.45, 2.75) is 6.92 Å². The molecule has 0 atom stereocenters. The van der Waals surface area contributed by atoms with Gasteiger partial charge in [0, 0.05) is 45.8 Å². The Balaban J connectivity index is 2.18. The Kier molecular flexibility index (Phi) is 4.95. The van der Waals surface area contributed by atoms with Gasteiger partial charge in [-0.3, -0.25) is 0 Å². The van der Waals surface area contributed by atoms with Crippen LogP contribution in [0.5, 0.6) is 0 Å². The summed E-state index contributed by atoms with van der Waals surface area (Å²) in [5.41, 5.74) is 5.86. The van der Waals surface area contributed by atoms with E-state index in [1.54, 1.807) is 7.05 Å². The molecule has 0 unspecified atom stereocenters. The molecule has 25 heavy (non-hydrogen) atoms. The fraction of sp³-hybridized carbons (Fsp3) is 0.167. The fourth-order valence-electron chi connectivity index (χ4n) is 2.93. The number of hydrogen-bond acceptors (Lipinski definition) is 4. The van der Waals surface area contributed by atoms with Gasteiger partial charge in [0.25, 0.3) is 0 Å². The molecule has 3 rings (SSSR count). The highest BCUT2D eigenvalue weighted by Gasteiger charge is 2.24. The second kappa shape index (κ2) is 7.00. The number of nitrogens with one attached hydrogen (secondary N) is 1. The van der Waals surface area contributed by atoms with Crippen LogP contribution < -0.4 is 14.9 Å². The van der Waals surface area contributed by atoms with Crippen molar-refractivity contribution < 1.29 is 0 Å². The number of likely N-dealkylation sites (N-methyl/N-ethyl adjacent to an activating group) is 1. The van der Waals surface area contributed by atoms with Crippen LogP contribution in [0.15, 0.2) is 47.2 Å². The molecular weight excluding hydrogens is 374 g/mol. The van der Waals surface area contributed by atoms with Crippen LogP contribution >= 0.6 is 15.9 Å². The van der Waals surface area contributed by atoms with E-state index < -0.39 is 0 Å². The summed E-state index contributed by atoms with van der Waals surface area (Å²) in [4.78, 5) is 8.09. The first kappa shape index (κ1) is 17.7. The summed E-state index contributed by atoms with van der Waals surface area (Å²) >= 11 is 3.63. The lowest BCUT2D eigenvalue weighted by atomic mass is 9.94. The molecule has 4 nitrogen and oxygen atoms in total. The Morgan fingerprint density at radius 1 is 1.36 bits per heavy atom. The first-order chi connectivity index (χ1) is 12.0. The molecule has 1 aliphatic rings. The first-order valence-electron chi connectivity index (χ1n) is 7.89. The Bertz CT molecular complexity index is 864. The van der Waals surface area contributed by atoms with Gasteiger partial charge in [0.2, 0.25) is 16.0 Å². The number of anilines is 3. The lowest BCUT2D eigenvalue weighted by Crippen LogP contribution is -2.26. The zero-order valence-electron chi connectivity index (χ0n) is 14.3. The normalized spacial score (nSPS) is 13.3. The van der Waals surface area contributed by atoms with E-state index in [0.29, 0.717) is 5.82 Å². The molecule has 1 aliphatic heterocycles. The second-order valence-electron chi connectivity index (χ2n) is 5.80. The topological polar surface area (TPSA) is 31.4 Å². The Morgan fingerprint density at radius 2 is 2.12 bits per heavy atom. The van der Waals surface area contributed by atoms with Gasteiger partial charge in [-0.25, -0.2) is 4.98 Å². The third kappa shape index (κ3) is 3.21. The Labute approximate surface area is 159 Å². The van der Waals surface area contributed by atoms with E-state index in [1.807, 2.05) is 30.5 Å². The number of nitrogens with zero attached hydrogens (tertiary/aromatic N) is 3. The third-order valence-electron chi connectivity index (χ3n) is 4.23. The van der Waals surface area contributed by atoms with Crippen LogP contribution in [0.25, 0.3) is 11.6 Å². The Hall–Kier alpha value is -2.14. The van der Waals surface area contributed by atoms with Gasteiger partial charge in [-0.2, -0.15) is 0 Å². The smallest absolute Gasteiger partial charge is 0.228 e.